The van der Waals surface area contributed by atoms with Crippen molar-refractivity contribution in [1.82, 2.24) is 10.3 Å². The molecule has 1 aromatic heterocycles. The highest BCUT2D eigenvalue weighted by Crippen LogP contribution is 2.48. The molecule has 19 heavy (non-hydrogen) atoms. The lowest BCUT2D eigenvalue weighted by Crippen LogP contribution is -2.41. The minimum absolute atomic E-state index is 0.0473. The number of aliphatic hydroxyl groups excluding tert-OH is 1. The van der Waals surface area contributed by atoms with Gasteiger partial charge in [-0.2, -0.15) is 0 Å². The highest BCUT2D eigenvalue weighted by Gasteiger charge is 2.49. The Kier molecular flexibility index (Phi) is 3.35. The molecule has 0 bridgehead atoms. The average molecular weight is 262 g/mol. The lowest BCUT2D eigenvalue weighted by atomic mass is 9.91. The lowest BCUT2D eigenvalue weighted by molar-refractivity contribution is -0.120. The number of carbonyl (C=O) groups excluding carboxylic acids is 1. The SMILES string of the molecule is CC(=O)NC1C2CC[C@@H](O)C2C[C@@H]1Cc1cc[nH]c1. The third kappa shape index (κ3) is 2.41. The Labute approximate surface area is 113 Å². The van der Waals surface area contributed by atoms with Crippen LogP contribution in [-0.4, -0.2) is 28.1 Å². The number of aromatic nitrogens is 1. The van der Waals surface area contributed by atoms with Gasteiger partial charge in [0.25, 0.3) is 0 Å². The maximum absolute atomic E-state index is 11.4. The third-order valence-electron chi connectivity index (χ3n) is 4.91. The van der Waals surface area contributed by atoms with E-state index < -0.39 is 0 Å². The van der Waals surface area contributed by atoms with Gasteiger partial charge in [0, 0.05) is 25.4 Å². The van der Waals surface area contributed by atoms with E-state index in [0.717, 1.165) is 25.7 Å². The topological polar surface area (TPSA) is 65.1 Å². The quantitative estimate of drug-likeness (QED) is 0.772. The van der Waals surface area contributed by atoms with Crippen molar-refractivity contribution >= 4 is 5.91 Å². The zero-order valence-electron chi connectivity index (χ0n) is 11.3. The molecule has 2 aliphatic carbocycles. The van der Waals surface area contributed by atoms with Gasteiger partial charge in [-0.3, -0.25) is 4.79 Å². The Morgan fingerprint density at radius 2 is 2.32 bits per heavy atom. The molecule has 3 unspecified atom stereocenters. The Balaban J connectivity index is 1.76. The normalized spacial score (nSPS) is 37.3. The number of rotatable bonds is 3. The molecular formula is C15H22N2O2. The molecule has 1 amide bonds. The smallest absolute Gasteiger partial charge is 0.217 e. The van der Waals surface area contributed by atoms with E-state index >= 15 is 0 Å². The Morgan fingerprint density at radius 3 is 3.00 bits per heavy atom. The fourth-order valence-electron chi connectivity index (χ4n) is 4.16. The predicted molar refractivity (Wildman–Crippen MR) is 72.4 cm³/mol. The molecule has 3 rings (SSSR count). The molecule has 1 heterocycles. The molecule has 1 aromatic rings. The van der Waals surface area contributed by atoms with Crippen LogP contribution >= 0.6 is 0 Å². The van der Waals surface area contributed by atoms with Crippen molar-refractivity contribution in [2.24, 2.45) is 17.8 Å². The van der Waals surface area contributed by atoms with Crippen molar-refractivity contribution in [1.29, 1.82) is 0 Å². The summed E-state index contributed by atoms with van der Waals surface area (Å²) in [5, 5.41) is 13.2. The maximum Gasteiger partial charge on any atom is 0.217 e. The average Bonchev–Trinajstić information content (AvgIpc) is 3.03. The largest absolute Gasteiger partial charge is 0.393 e. The van der Waals surface area contributed by atoms with Crippen molar-refractivity contribution in [2.45, 2.75) is 44.8 Å². The second kappa shape index (κ2) is 5.00. The van der Waals surface area contributed by atoms with Crippen molar-refractivity contribution in [3.8, 4) is 0 Å². The van der Waals surface area contributed by atoms with Crippen molar-refractivity contribution in [2.75, 3.05) is 0 Å². The first-order valence-corrected chi connectivity index (χ1v) is 7.22. The number of amides is 1. The van der Waals surface area contributed by atoms with Gasteiger partial charge in [-0.25, -0.2) is 0 Å². The number of hydrogen-bond donors (Lipinski definition) is 3. The van der Waals surface area contributed by atoms with Gasteiger partial charge >= 0.3 is 0 Å². The minimum atomic E-state index is -0.169. The van der Waals surface area contributed by atoms with Gasteiger partial charge in [0.2, 0.25) is 5.91 Å². The first-order valence-electron chi connectivity index (χ1n) is 7.22. The van der Waals surface area contributed by atoms with Crippen LogP contribution in [0.3, 0.4) is 0 Å². The summed E-state index contributed by atoms with van der Waals surface area (Å²) >= 11 is 0. The summed E-state index contributed by atoms with van der Waals surface area (Å²) in [5.41, 5.74) is 1.29. The highest BCUT2D eigenvalue weighted by atomic mass is 16.3. The Morgan fingerprint density at radius 1 is 1.47 bits per heavy atom. The lowest BCUT2D eigenvalue weighted by Gasteiger charge is -2.24. The highest BCUT2D eigenvalue weighted by molar-refractivity contribution is 5.73. The van der Waals surface area contributed by atoms with Crippen molar-refractivity contribution in [3.63, 3.8) is 0 Å². The maximum atomic E-state index is 11.4. The summed E-state index contributed by atoms with van der Waals surface area (Å²) in [7, 11) is 0. The molecule has 0 saturated heterocycles. The summed E-state index contributed by atoms with van der Waals surface area (Å²) in [6.45, 7) is 1.59. The molecule has 2 aliphatic rings. The van der Waals surface area contributed by atoms with Crippen LogP contribution in [0, 0.1) is 17.8 Å². The predicted octanol–water partition coefficient (Wildman–Crippen LogP) is 1.47. The number of fused-ring (bicyclic) bond motifs is 1. The van der Waals surface area contributed by atoms with Crippen LogP contribution in [0.15, 0.2) is 18.5 Å². The zero-order chi connectivity index (χ0) is 13.4. The number of aromatic amines is 1. The van der Waals surface area contributed by atoms with E-state index in [4.69, 9.17) is 0 Å². The summed E-state index contributed by atoms with van der Waals surface area (Å²) in [6, 6.07) is 2.32. The number of hydrogen-bond acceptors (Lipinski definition) is 2. The van der Waals surface area contributed by atoms with Crippen LogP contribution in [0.4, 0.5) is 0 Å². The molecule has 0 spiro atoms. The standard InChI is InChI=1S/C15H22N2O2/c1-9(18)17-15-11(6-10-4-5-16-8-10)7-13-12(15)2-3-14(13)19/h4-5,8,11-16,19H,2-3,6-7H2,1H3,(H,17,18)/t11-,12?,13?,14+,15?/m0/s1. The Hall–Kier alpha value is -1.29. The summed E-state index contributed by atoms with van der Waals surface area (Å²) in [4.78, 5) is 14.5. The molecule has 104 valence electrons. The second-order valence-electron chi connectivity index (χ2n) is 6.12. The fraction of sp³-hybridized carbons (Fsp3) is 0.667. The van der Waals surface area contributed by atoms with E-state index in [1.54, 1.807) is 6.92 Å². The molecule has 4 heteroatoms. The number of aliphatic hydroxyl groups is 1. The van der Waals surface area contributed by atoms with E-state index in [1.165, 1.54) is 5.56 Å². The van der Waals surface area contributed by atoms with Crippen LogP contribution in [0.5, 0.6) is 0 Å². The van der Waals surface area contributed by atoms with Gasteiger partial charge in [0.1, 0.15) is 0 Å². The number of nitrogens with one attached hydrogen (secondary N) is 2. The first kappa shape index (κ1) is 12.7. The Bertz CT molecular complexity index is 443. The molecule has 0 aromatic carbocycles. The van der Waals surface area contributed by atoms with E-state index in [9.17, 15) is 9.90 Å². The third-order valence-corrected chi connectivity index (χ3v) is 4.91. The van der Waals surface area contributed by atoms with Gasteiger partial charge in [-0.05, 0) is 55.1 Å². The van der Waals surface area contributed by atoms with E-state index in [1.807, 2.05) is 12.4 Å². The van der Waals surface area contributed by atoms with E-state index in [2.05, 4.69) is 16.4 Å². The molecule has 5 atom stereocenters. The van der Waals surface area contributed by atoms with Crippen molar-refractivity contribution in [3.05, 3.63) is 24.0 Å². The minimum Gasteiger partial charge on any atom is -0.393 e. The molecule has 0 aliphatic heterocycles. The van der Waals surface area contributed by atoms with Crippen LogP contribution in [0.1, 0.15) is 31.7 Å². The van der Waals surface area contributed by atoms with Crippen LogP contribution < -0.4 is 5.32 Å². The molecule has 2 saturated carbocycles. The number of carbonyl (C=O) groups is 1. The zero-order valence-corrected chi connectivity index (χ0v) is 11.3. The molecule has 0 radical (unpaired) electrons. The van der Waals surface area contributed by atoms with Crippen LogP contribution in [0.2, 0.25) is 0 Å². The first-order chi connectivity index (χ1) is 9.15. The van der Waals surface area contributed by atoms with Gasteiger partial charge in [-0.15, -0.1) is 0 Å². The van der Waals surface area contributed by atoms with E-state index in [0.29, 0.717) is 17.8 Å². The van der Waals surface area contributed by atoms with Gasteiger partial charge < -0.3 is 15.4 Å². The van der Waals surface area contributed by atoms with Gasteiger partial charge in [-0.1, -0.05) is 0 Å². The monoisotopic (exact) mass is 262 g/mol. The summed E-state index contributed by atoms with van der Waals surface area (Å²) in [5.74, 6) is 1.33. The number of H-pyrrole nitrogens is 1. The van der Waals surface area contributed by atoms with Crippen LogP contribution in [-0.2, 0) is 11.2 Å². The molecule has 3 N–H and O–H groups in total. The molecular weight excluding hydrogens is 240 g/mol. The summed E-state index contributed by atoms with van der Waals surface area (Å²) < 4.78 is 0. The second-order valence-corrected chi connectivity index (χ2v) is 6.12. The van der Waals surface area contributed by atoms with Gasteiger partial charge in [0.15, 0.2) is 0 Å². The van der Waals surface area contributed by atoms with Gasteiger partial charge in [0.05, 0.1) is 6.10 Å². The fourth-order valence-corrected chi connectivity index (χ4v) is 4.16. The van der Waals surface area contributed by atoms with Crippen LogP contribution in [0.25, 0.3) is 0 Å². The van der Waals surface area contributed by atoms with Crippen molar-refractivity contribution < 1.29 is 9.90 Å². The summed E-state index contributed by atoms with van der Waals surface area (Å²) in [6.07, 6.45) is 7.74. The molecule has 4 nitrogen and oxygen atoms in total. The van der Waals surface area contributed by atoms with E-state index in [-0.39, 0.29) is 18.1 Å². The molecule has 2 fully saturated rings.